The molecule has 0 saturated carbocycles. The van der Waals surface area contributed by atoms with Crippen LogP contribution in [0.15, 0.2) is 41.8 Å². The second kappa shape index (κ2) is 6.66. The molecule has 0 atom stereocenters. The van der Waals surface area contributed by atoms with Crippen LogP contribution in [0.3, 0.4) is 0 Å². The highest BCUT2D eigenvalue weighted by atomic mass is 32.2. The maximum absolute atomic E-state index is 11.8. The molecule has 0 unspecified atom stereocenters. The number of carbonyl (C=O) groups excluding carboxylic acids is 1. The van der Waals surface area contributed by atoms with E-state index >= 15 is 0 Å². The number of nitrogens with zero attached hydrogens (tertiary/aromatic N) is 3. The molecule has 0 saturated heterocycles. The van der Waals surface area contributed by atoms with Gasteiger partial charge in [-0.05, 0) is 18.4 Å². The van der Waals surface area contributed by atoms with Crippen LogP contribution in [0.25, 0.3) is 0 Å². The molecule has 21 heavy (non-hydrogen) atoms. The molecule has 1 aromatic carbocycles. The zero-order valence-corrected chi connectivity index (χ0v) is 11.8. The van der Waals surface area contributed by atoms with Crippen LogP contribution in [-0.4, -0.2) is 27.1 Å². The molecule has 0 aliphatic rings. The van der Waals surface area contributed by atoms with Gasteiger partial charge in [-0.15, -0.1) is 0 Å². The number of rotatable bonds is 5. The predicted octanol–water partition coefficient (Wildman–Crippen LogP) is 1.86. The zero-order valence-electron chi connectivity index (χ0n) is 10.9. The van der Waals surface area contributed by atoms with Gasteiger partial charge in [0, 0.05) is 24.5 Å². The Labute approximate surface area is 124 Å². The van der Waals surface area contributed by atoms with Crippen molar-refractivity contribution in [3.63, 3.8) is 0 Å². The molecule has 9 heteroatoms. The Balaban J connectivity index is 1.95. The molecule has 0 aliphatic carbocycles. The molecule has 2 rings (SSSR count). The maximum atomic E-state index is 11.8. The van der Waals surface area contributed by atoms with Crippen LogP contribution in [0.1, 0.15) is 10.4 Å². The first kappa shape index (κ1) is 14.7. The van der Waals surface area contributed by atoms with Crippen LogP contribution in [0.5, 0.6) is 0 Å². The van der Waals surface area contributed by atoms with Gasteiger partial charge in [0.05, 0.1) is 16.2 Å². The largest absolute Gasteiger partial charge is 0.298 e. The number of nitro benzene ring substituents is 1. The number of hydrazine groups is 1. The van der Waals surface area contributed by atoms with E-state index in [0.29, 0.717) is 16.4 Å². The minimum absolute atomic E-state index is 0.0204. The molecule has 2 aromatic rings. The number of carbonyl (C=O) groups is 1. The SMILES string of the molecule is CSc1ncc(C(=O)NNc2ccc([N+](=O)[O-])cc2)cn1. The number of hydrogen-bond donors (Lipinski definition) is 2. The van der Waals surface area contributed by atoms with E-state index < -0.39 is 10.8 Å². The first-order valence-electron chi connectivity index (χ1n) is 5.77. The van der Waals surface area contributed by atoms with Crippen molar-refractivity contribution >= 4 is 29.0 Å². The summed E-state index contributed by atoms with van der Waals surface area (Å²) in [4.78, 5) is 29.8. The van der Waals surface area contributed by atoms with Crippen molar-refractivity contribution < 1.29 is 9.72 Å². The van der Waals surface area contributed by atoms with Gasteiger partial charge in [0.2, 0.25) is 0 Å². The molecule has 0 spiro atoms. The van der Waals surface area contributed by atoms with Crippen LogP contribution in [-0.2, 0) is 0 Å². The van der Waals surface area contributed by atoms with E-state index in [1.807, 2.05) is 6.26 Å². The number of anilines is 1. The number of non-ortho nitro benzene ring substituents is 1. The Bertz CT molecular complexity index is 645. The normalized spacial score (nSPS) is 9.95. The van der Waals surface area contributed by atoms with Gasteiger partial charge in [0.15, 0.2) is 5.16 Å². The summed E-state index contributed by atoms with van der Waals surface area (Å²) in [5.41, 5.74) is 5.92. The number of hydrogen-bond acceptors (Lipinski definition) is 7. The van der Waals surface area contributed by atoms with Crippen molar-refractivity contribution in [1.29, 1.82) is 0 Å². The number of thioether (sulfide) groups is 1. The Morgan fingerprint density at radius 2 is 1.86 bits per heavy atom. The first-order chi connectivity index (χ1) is 10.1. The minimum Gasteiger partial charge on any atom is -0.298 e. The summed E-state index contributed by atoms with van der Waals surface area (Å²) in [6, 6.07) is 5.66. The molecule has 8 nitrogen and oxygen atoms in total. The lowest BCUT2D eigenvalue weighted by atomic mass is 10.3. The lowest BCUT2D eigenvalue weighted by molar-refractivity contribution is -0.384. The van der Waals surface area contributed by atoms with Crippen molar-refractivity contribution in [2.75, 3.05) is 11.7 Å². The van der Waals surface area contributed by atoms with E-state index in [1.54, 1.807) is 0 Å². The smallest absolute Gasteiger partial charge is 0.272 e. The van der Waals surface area contributed by atoms with E-state index in [9.17, 15) is 14.9 Å². The average Bonchev–Trinajstić information content (AvgIpc) is 2.53. The van der Waals surface area contributed by atoms with E-state index in [4.69, 9.17) is 0 Å². The number of benzene rings is 1. The zero-order chi connectivity index (χ0) is 15.2. The summed E-state index contributed by atoms with van der Waals surface area (Å²) in [5, 5.41) is 11.1. The van der Waals surface area contributed by atoms with Gasteiger partial charge in [-0.3, -0.25) is 25.8 Å². The second-order valence-electron chi connectivity index (χ2n) is 3.84. The Morgan fingerprint density at radius 1 is 1.24 bits per heavy atom. The Morgan fingerprint density at radius 3 is 2.38 bits per heavy atom. The number of aromatic nitrogens is 2. The molecular formula is C12H11N5O3S. The van der Waals surface area contributed by atoms with Gasteiger partial charge in [0.25, 0.3) is 11.6 Å². The molecule has 0 aliphatic heterocycles. The summed E-state index contributed by atoms with van der Waals surface area (Å²) in [5.74, 6) is -0.402. The van der Waals surface area contributed by atoms with Crippen LogP contribution >= 0.6 is 11.8 Å². The van der Waals surface area contributed by atoms with E-state index in [1.165, 1.54) is 48.4 Å². The highest BCUT2D eigenvalue weighted by Crippen LogP contribution is 2.14. The molecule has 1 aromatic heterocycles. The fourth-order valence-corrected chi connectivity index (χ4v) is 1.72. The molecule has 1 amide bonds. The molecule has 1 heterocycles. The quantitative estimate of drug-likeness (QED) is 0.375. The van der Waals surface area contributed by atoms with Crippen LogP contribution in [0.2, 0.25) is 0 Å². The van der Waals surface area contributed by atoms with E-state index in [2.05, 4.69) is 20.8 Å². The summed E-state index contributed by atoms with van der Waals surface area (Å²) in [7, 11) is 0. The van der Waals surface area contributed by atoms with Crippen LogP contribution in [0.4, 0.5) is 11.4 Å². The third-order valence-corrected chi connectivity index (χ3v) is 3.05. The van der Waals surface area contributed by atoms with Gasteiger partial charge < -0.3 is 0 Å². The Kier molecular flexibility index (Phi) is 4.67. The average molecular weight is 305 g/mol. The maximum Gasteiger partial charge on any atom is 0.272 e. The van der Waals surface area contributed by atoms with Gasteiger partial charge in [-0.25, -0.2) is 9.97 Å². The molecule has 0 radical (unpaired) electrons. The third-order valence-electron chi connectivity index (χ3n) is 2.47. The first-order valence-corrected chi connectivity index (χ1v) is 6.99. The van der Waals surface area contributed by atoms with Crippen molar-refractivity contribution in [1.82, 2.24) is 15.4 Å². The Hall–Kier alpha value is -2.68. The summed E-state index contributed by atoms with van der Waals surface area (Å²) >= 11 is 1.38. The van der Waals surface area contributed by atoms with Crippen LogP contribution in [0, 0.1) is 10.1 Å². The molecule has 0 fully saturated rings. The molecule has 0 bridgehead atoms. The van der Waals surface area contributed by atoms with Crippen molar-refractivity contribution in [3.05, 3.63) is 52.3 Å². The fraction of sp³-hybridized carbons (Fsp3) is 0.0833. The van der Waals surface area contributed by atoms with Gasteiger partial charge in [0.1, 0.15) is 0 Å². The molecule has 108 valence electrons. The van der Waals surface area contributed by atoms with Gasteiger partial charge >= 0.3 is 0 Å². The number of nitro groups is 1. The number of nitrogens with one attached hydrogen (secondary N) is 2. The summed E-state index contributed by atoms with van der Waals surface area (Å²) < 4.78 is 0. The van der Waals surface area contributed by atoms with Crippen molar-refractivity contribution in [2.45, 2.75) is 5.16 Å². The second-order valence-corrected chi connectivity index (χ2v) is 4.61. The van der Waals surface area contributed by atoms with Crippen molar-refractivity contribution in [2.24, 2.45) is 0 Å². The van der Waals surface area contributed by atoms with Crippen molar-refractivity contribution in [3.8, 4) is 0 Å². The van der Waals surface area contributed by atoms with E-state index in [-0.39, 0.29) is 5.69 Å². The lowest BCUT2D eigenvalue weighted by Crippen LogP contribution is -2.29. The predicted molar refractivity (Wildman–Crippen MR) is 78.0 cm³/mol. The number of amides is 1. The third kappa shape index (κ3) is 3.89. The van der Waals surface area contributed by atoms with Gasteiger partial charge in [-0.2, -0.15) is 0 Å². The highest BCUT2D eigenvalue weighted by molar-refractivity contribution is 7.98. The van der Waals surface area contributed by atoms with Crippen LogP contribution < -0.4 is 10.9 Å². The lowest BCUT2D eigenvalue weighted by Gasteiger charge is -2.08. The fourth-order valence-electron chi connectivity index (χ4n) is 1.41. The van der Waals surface area contributed by atoms with E-state index in [0.717, 1.165) is 0 Å². The summed E-state index contributed by atoms with van der Waals surface area (Å²) in [6.07, 6.45) is 4.68. The van der Waals surface area contributed by atoms with Gasteiger partial charge in [-0.1, -0.05) is 11.8 Å². The molecule has 2 N–H and O–H groups in total. The summed E-state index contributed by atoms with van der Waals surface area (Å²) in [6.45, 7) is 0. The minimum atomic E-state index is -0.493. The standard InChI is InChI=1S/C12H11N5O3S/c1-21-12-13-6-8(7-14-12)11(18)16-15-9-2-4-10(5-3-9)17(19)20/h2-7,15H,1H3,(H,16,18). The molecular weight excluding hydrogens is 294 g/mol. The topological polar surface area (TPSA) is 110 Å². The monoisotopic (exact) mass is 305 g/mol. The highest BCUT2D eigenvalue weighted by Gasteiger charge is 2.07.